The standard InChI is InChI=1S/C23H29ClN4O2/c1-3-4-11-25-22(29)19-7-10-21(26-16-19)27-12-14-28(15-13-27)23(30)17(2)18-5-8-20(24)9-6-18/h5-10,16-17H,3-4,11-15H2,1-2H3,(H,25,29). The number of benzene rings is 1. The summed E-state index contributed by atoms with van der Waals surface area (Å²) >= 11 is 5.95. The van der Waals surface area contributed by atoms with E-state index in [4.69, 9.17) is 11.6 Å². The molecule has 0 radical (unpaired) electrons. The molecule has 2 heterocycles. The first-order valence-corrected chi connectivity index (χ1v) is 10.9. The highest BCUT2D eigenvalue weighted by atomic mass is 35.5. The van der Waals surface area contributed by atoms with Gasteiger partial charge in [0.15, 0.2) is 0 Å². The van der Waals surface area contributed by atoms with Crippen molar-refractivity contribution in [2.24, 2.45) is 0 Å². The molecule has 0 spiro atoms. The summed E-state index contributed by atoms with van der Waals surface area (Å²) in [4.78, 5) is 33.5. The third-order valence-electron chi connectivity index (χ3n) is 5.48. The molecule has 1 aromatic heterocycles. The molecular formula is C23H29ClN4O2. The quantitative estimate of drug-likeness (QED) is 0.682. The third kappa shape index (κ3) is 5.51. The molecule has 160 valence electrons. The van der Waals surface area contributed by atoms with Crippen molar-refractivity contribution in [3.05, 3.63) is 58.7 Å². The molecule has 2 aromatic rings. The van der Waals surface area contributed by atoms with Gasteiger partial charge in [0.2, 0.25) is 5.91 Å². The maximum atomic E-state index is 12.9. The van der Waals surface area contributed by atoms with Gasteiger partial charge in [0.05, 0.1) is 11.5 Å². The zero-order chi connectivity index (χ0) is 21.5. The predicted octanol–water partition coefficient (Wildman–Crippen LogP) is 3.72. The Morgan fingerprint density at radius 3 is 2.40 bits per heavy atom. The molecule has 0 bridgehead atoms. The van der Waals surface area contributed by atoms with E-state index in [0.717, 1.165) is 24.2 Å². The van der Waals surface area contributed by atoms with E-state index in [1.165, 1.54) is 0 Å². The van der Waals surface area contributed by atoms with Crippen LogP contribution in [0.3, 0.4) is 0 Å². The van der Waals surface area contributed by atoms with Gasteiger partial charge in [-0.15, -0.1) is 0 Å². The number of anilines is 1. The molecule has 0 saturated carbocycles. The van der Waals surface area contributed by atoms with Crippen molar-refractivity contribution >= 4 is 29.2 Å². The first-order valence-electron chi connectivity index (χ1n) is 10.5. The topological polar surface area (TPSA) is 65.5 Å². The summed E-state index contributed by atoms with van der Waals surface area (Å²) in [6.45, 7) is 7.44. The van der Waals surface area contributed by atoms with Crippen molar-refractivity contribution in [3.8, 4) is 0 Å². The number of halogens is 1. The van der Waals surface area contributed by atoms with Crippen LogP contribution in [0.4, 0.5) is 5.82 Å². The predicted molar refractivity (Wildman–Crippen MR) is 120 cm³/mol. The average molecular weight is 429 g/mol. The number of hydrogen-bond acceptors (Lipinski definition) is 4. The number of pyridine rings is 1. The van der Waals surface area contributed by atoms with Gasteiger partial charge in [-0.1, -0.05) is 37.1 Å². The van der Waals surface area contributed by atoms with Crippen molar-refractivity contribution in [3.63, 3.8) is 0 Å². The summed E-state index contributed by atoms with van der Waals surface area (Å²) in [6.07, 6.45) is 3.64. The van der Waals surface area contributed by atoms with E-state index < -0.39 is 0 Å². The molecule has 3 rings (SSSR count). The smallest absolute Gasteiger partial charge is 0.252 e. The average Bonchev–Trinajstić information content (AvgIpc) is 2.79. The van der Waals surface area contributed by atoms with Gasteiger partial charge in [-0.2, -0.15) is 0 Å². The van der Waals surface area contributed by atoms with E-state index in [0.29, 0.717) is 43.3 Å². The van der Waals surface area contributed by atoms with Gasteiger partial charge in [0, 0.05) is 43.9 Å². The number of rotatable bonds is 7. The lowest BCUT2D eigenvalue weighted by Gasteiger charge is -2.36. The van der Waals surface area contributed by atoms with Crippen LogP contribution in [-0.4, -0.2) is 54.4 Å². The SMILES string of the molecule is CCCCNC(=O)c1ccc(N2CCN(C(=O)C(C)c3ccc(Cl)cc3)CC2)nc1. The molecule has 1 aliphatic heterocycles. The lowest BCUT2D eigenvalue weighted by molar-refractivity contribution is -0.132. The molecule has 1 N–H and O–H groups in total. The van der Waals surface area contributed by atoms with Gasteiger partial charge >= 0.3 is 0 Å². The molecule has 30 heavy (non-hydrogen) atoms. The number of nitrogens with one attached hydrogen (secondary N) is 1. The second kappa shape index (κ2) is 10.4. The highest BCUT2D eigenvalue weighted by Crippen LogP contribution is 2.22. The van der Waals surface area contributed by atoms with E-state index in [1.807, 2.05) is 48.2 Å². The number of aromatic nitrogens is 1. The Bertz CT molecular complexity index is 847. The molecule has 1 atom stereocenters. The molecule has 1 aromatic carbocycles. The second-order valence-electron chi connectivity index (χ2n) is 7.60. The molecule has 1 aliphatic rings. The first-order chi connectivity index (χ1) is 14.5. The van der Waals surface area contributed by atoms with E-state index in [2.05, 4.69) is 22.1 Å². The van der Waals surface area contributed by atoms with Gasteiger partial charge in [0.25, 0.3) is 5.91 Å². The number of unbranched alkanes of at least 4 members (excludes halogenated alkanes) is 1. The van der Waals surface area contributed by atoms with Crippen LogP contribution in [0.5, 0.6) is 0 Å². The summed E-state index contributed by atoms with van der Waals surface area (Å²) < 4.78 is 0. The minimum absolute atomic E-state index is 0.0888. The fraction of sp³-hybridized carbons (Fsp3) is 0.435. The van der Waals surface area contributed by atoms with Crippen LogP contribution in [0.2, 0.25) is 5.02 Å². The van der Waals surface area contributed by atoms with Crippen LogP contribution in [0.1, 0.15) is 48.5 Å². The summed E-state index contributed by atoms with van der Waals surface area (Å²) in [5.41, 5.74) is 1.54. The minimum Gasteiger partial charge on any atom is -0.353 e. The third-order valence-corrected chi connectivity index (χ3v) is 5.73. The zero-order valence-electron chi connectivity index (χ0n) is 17.6. The van der Waals surface area contributed by atoms with E-state index >= 15 is 0 Å². The fourth-order valence-corrected chi connectivity index (χ4v) is 3.64. The Labute approximate surface area is 183 Å². The highest BCUT2D eigenvalue weighted by Gasteiger charge is 2.26. The maximum absolute atomic E-state index is 12.9. The molecule has 6 nitrogen and oxygen atoms in total. The zero-order valence-corrected chi connectivity index (χ0v) is 18.4. The van der Waals surface area contributed by atoms with Crippen molar-refractivity contribution in [2.75, 3.05) is 37.6 Å². The summed E-state index contributed by atoms with van der Waals surface area (Å²) in [5, 5.41) is 3.57. The fourth-order valence-electron chi connectivity index (χ4n) is 3.51. The summed E-state index contributed by atoms with van der Waals surface area (Å²) in [6, 6.07) is 11.1. The second-order valence-corrected chi connectivity index (χ2v) is 8.04. The Kier molecular flexibility index (Phi) is 7.69. The number of piperazine rings is 1. The molecular weight excluding hydrogens is 400 g/mol. The van der Waals surface area contributed by atoms with Gasteiger partial charge in [0.1, 0.15) is 5.82 Å². The first kappa shape index (κ1) is 22.1. The van der Waals surface area contributed by atoms with Crippen molar-refractivity contribution < 1.29 is 9.59 Å². The number of amides is 2. The van der Waals surface area contributed by atoms with E-state index in [9.17, 15) is 9.59 Å². The van der Waals surface area contributed by atoms with Crippen LogP contribution in [0.15, 0.2) is 42.6 Å². The van der Waals surface area contributed by atoms with Crippen LogP contribution in [0.25, 0.3) is 0 Å². The van der Waals surface area contributed by atoms with Crippen LogP contribution >= 0.6 is 11.6 Å². The molecule has 7 heteroatoms. The van der Waals surface area contributed by atoms with Crippen molar-refractivity contribution in [2.45, 2.75) is 32.6 Å². The number of carbonyl (C=O) groups is 2. The van der Waals surface area contributed by atoms with Crippen LogP contribution in [0, 0.1) is 0 Å². The summed E-state index contributed by atoms with van der Waals surface area (Å²) in [5.74, 6) is 0.675. The normalized spacial score (nSPS) is 15.0. The molecule has 1 fully saturated rings. The minimum atomic E-state index is -0.197. The van der Waals surface area contributed by atoms with Crippen molar-refractivity contribution in [1.82, 2.24) is 15.2 Å². The Morgan fingerprint density at radius 1 is 1.10 bits per heavy atom. The highest BCUT2D eigenvalue weighted by molar-refractivity contribution is 6.30. The van der Waals surface area contributed by atoms with Gasteiger partial charge in [-0.3, -0.25) is 9.59 Å². The number of nitrogens with zero attached hydrogens (tertiary/aromatic N) is 3. The molecule has 2 amide bonds. The molecule has 1 unspecified atom stereocenters. The Morgan fingerprint density at radius 2 is 1.80 bits per heavy atom. The lowest BCUT2D eigenvalue weighted by Crippen LogP contribution is -2.50. The number of carbonyl (C=O) groups excluding carboxylic acids is 2. The maximum Gasteiger partial charge on any atom is 0.252 e. The van der Waals surface area contributed by atoms with Crippen molar-refractivity contribution in [1.29, 1.82) is 0 Å². The molecule has 1 saturated heterocycles. The monoisotopic (exact) mass is 428 g/mol. The van der Waals surface area contributed by atoms with Gasteiger partial charge in [-0.25, -0.2) is 4.98 Å². The number of hydrogen-bond donors (Lipinski definition) is 1. The van der Waals surface area contributed by atoms with Crippen LogP contribution in [-0.2, 0) is 4.79 Å². The summed E-state index contributed by atoms with van der Waals surface area (Å²) in [7, 11) is 0. The largest absolute Gasteiger partial charge is 0.353 e. The lowest BCUT2D eigenvalue weighted by atomic mass is 9.99. The Balaban J connectivity index is 1.53. The van der Waals surface area contributed by atoms with E-state index in [-0.39, 0.29) is 17.7 Å². The van der Waals surface area contributed by atoms with Gasteiger partial charge in [-0.05, 0) is 43.2 Å². The van der Waals surface area contributed by atoms with E-state index in [1.54, 1.807) is 6.20 Å². The van der Waals surface area contributed by atoms with Crippen LogP contribution < -0.4 is 10.2 Å². The molecule has 0 aliphatic carbocycles. The Hall–Kier alpha value is -2.60. The van der Waals surface area contributed by atoms with Gasteiger partial charge < -0.3 is 15.1 Å².